The number of aromatic hydroxyl groups is 1. The first kappa shape index (κ1) is 28.1. The number of nitrogens with one attached hydrogen (secondary N) is 3. The Morgan fingerprint density at radius 1 is 0.923 bits per heavy atom. The zero-order chi connectivity index (χ0) is 28.0. The summed E-state index contributed by atoms with van der Waals surface area (Å²) in [6.07, 6.45) is 0. The van der Waals surface area contributed by atoms with E-state index < -0.39 is 21.8 Å². The number of hydrogen-bond acceptors (Lipinski definition) is 10. The highest BCUT2D eigenvalue weighted by atomic mass is 35.5. The molecule has 0 aliphatic carbocycles. The molecule has 4 rings (SSSR count). The van der Waals surface area contributed by atoms with Gasteiger partial charge in [0, 0.05) is 10.0 Å². The molecule has 0 spiro atoms. The minimum atomic E-state index is -4.09. The molecule has 0 saturated carbocycles. The largest absolute Gasteiger partial charge is 0.491 e. The highest BCUT2D eigenvalue weighted by Gasteiger charge is 2.24. The van der Waals surface area contributed by atoms with Gasteiger partial charge in [-0.1, -0.05) is 52.2 Å². The van der Waals surface area contributed by atoms with Gasteiger partial charge in [0.15, 0.2) is 10.7 Å². The molecular weight excluding hydrogens is 585 g/mol. The Morgan fingerprint density at radius 3 is 2.18 bits per heavy atom. The molecular formula is C24H19Cl2N7O4S2. The van der Waals surface area contributed by atoms with Crippen molar-refractivity contribution in [3.63, 3.8) is 0 Å². The summed E-state index contributed by atoms with van der Waals surface area (Å²) in [5.41, 5.74) is 6.28. The predicted octanol–water partition coefficient (Wildman–Crippen LogP) is 5.71. The molecule has 200 valence electrons. The lowest BCUT2D eigenvalue weighted by Crippen LogP contribution is -2.45. The fourth-order valence-corrected chi connectivity index (χ4v) is 4.73. The third-order valence-corrected chi connectivity index (χ3v) is 7.57. The molecule has 4 aromatic rings. The molecule has 0 aliphatic rings. The van der Waals surface area contributed by atoms with Gasteiger partial charge in [0.2, 0.25) is 5.00 Å². The van der Waals surface area contributed by atoms with E-state index in [1.807, 2.05) is 11.8 Å². The molecule has 1 amide bonds. The van der Waals surface area contributed by atoms with Crippen molar-refractivity contribution < 1.29 is 18.3 Å². The lowest BCUT2D eigenvalue weighted by molar-refractivity contribution is -0.115. The Bertz CT molecular complexity index is 1640. The number of benzene rings is 3. The maximum absolute atomic E-state index is 13.1. The Labute approximate surface area is 237 Å². The van der Waals surface area contributed by atoms with Crippen molar-refractivity contribution in [1.29, 1.82) is 0 Å². The summed E-state index contributed by atoms with van der Waals surface area (Å²) in [5, 5.41) is 23.4. The quantitative estimate of drug-likeness (QED) is 0.109. The van der Waals surface area contributed by atoms with Crippen LogP contribution in [0.3, 0.4) is 0 Å². The summed E-state index contributed by atoms with van der Waals surface area (Å²) in [6.45, 7) is 1.81. The number of sulfonamides is 1. The molecule has 39 heavy (non-hydrogen) atoms. The van der Waals surface area contributed by atoms with Gasteiger partial charge in [-0.3, -0.25) is 15.6 Å². The summed E-state index contributed by atoms with van der Waals surface area (Å²) in [4.78, 5) is 19.0. The summed E-state index contributed by atoms with van der Waals surface area (Å²) < 4.78 is 25.3. The number of hydrazine groups is 1. The van der Waals surface area contributed by atoms with E-state index in [2.05, 4.69) is 31.2 Å². The molecule has 0 atom stereocenters. The van der Waals surface area contributed by atoms with Gasteiger partial charge >= 0.3 is 0 Å². The number of thiazole rings is 1. The van der Waals surface area contributed by atoms with Crippen LogP contribution >= 0.6 is 34.5 Å². The maximum Gasteiger partial charge on any atom is 0.289 e. The number of amides is 1. The number of anilines is 1. The number of azo groups is 1. The van der Waals surface area contributed by atoms with Crippen LogP contribution in [-0.2, 0) is 14.8 Å². The third kappa shape index (κ3) is 7.59. The Morgan fingerprint density at radius 2 is 1.54 bits per heavy atom. The van der Waals surface area contributed by atoms with Crippen LogP contribution in [-0.4, -0.2) is 30.1 Å². The van der Waals surface area contributed by atoms with Gasteiger partial charge in [0.25, 0.3) is 21.8 Å². The van der Waals surface area contributed by atoms with Crippen molar-refractivity contribution in [3.05, 3.63) is 93.4 Å². The van der Waals surface area contributed by atoms with Gasteiger partial charge in [-0.15, -0.1) is 15.1 Å². The smallest absolute Gasteiger partial charge is 0.289 e. The van der Waals surface area contributed by atoms with Gasteiger partial charge in [0.05, 0.1) is 16.3 Å². The molecule has 4 N–H and O–H groups in total. The number of carbonyl (C=O) groups is 1. The molecule has 3 aromatic carbocycles. The highest BCUT2D eigenvalue weighted by molar-refractivity contribution is 7.89. The lowest BCUT2D eigenvalue weighted by Gasteiger charge is -2.10. The number of nitrogens with zero attached hydrogens (tertiary/aromatic N) is 4. The van der Waals surface area contributed by atoms with Gasteiger partial charge < -0.3 is 5.11 Å². The van der Waals surface area contributed by atoms with Crippen molar-refractivity contribution in [2.75, 3.05) is 5.43 Å². The van der Waals surface area contributed by atoms with E-state index in [1.165, 1.54) is 12.1 Å². The molecule has 1 heterocycles. The fourth-order valence-electron chi connectivity index (χ4n) is 2.87. The van der Waals surface area contributed by atoms with E-state index in [9.17, 15) is 18.3 Å². The Balaban J connectivity index is 1.59. The molecule has 1 aromatic heterocycles. The second kappa shape index (κ2) is 12.3. The van der Waals surface area contributed by atoms with Gasteiger partial charge in [-0.05, 0) is 67.6 Å². The van der Waals surface area contributed by atoms with Crippen LogP contribution in [0.2, 0.25) is 10.0 Å². The first-order valence-corrected chi connectivity index (χ1v) is 14.0. The summed E-state index contributed by atoms with van der Waals surface area (Å²) in [7, 11) is -4.09. The van der Waals surface area contributed by atoms with Crippen LogP contribution < -0.4 is 15.7 Å². The van der Waals surface area contributed by atoms with Crippen LogP contribution in [0.1, 0.15) is 10.6 Å². The molecule has 0 aliphatic heterocycles. The minimum Gasteiger partial charge on any atom is -0.491 e. The van der Waals surface area contributed by atoms with E-state index in [0.717, 1.165) is 16.9 Å². The normalized spacial score (nSPS) is 12.0. The number of aryl methyl sites for hydroxylation is 1. The van der Waals surface area contributed by atoms with Crippen molar-refractivity contribution >= 4 is 72.6 Å². The lowest BCUT2D eigenvalue weighted by atomic mass is 10.2. The van der Waals surface area contributed by atoms with Crippen molar-refractivity contribution in [2.24, 2.45) is 15.3 Å². The van der Waals surface area contributed by atoms with Crippen molar-refractivity contribution in [1.82, 2.24) is 15.2 Å². The van der Waals surface area contributed by atoms with Gasteiger partial charge in [0.1, 0.15) is 0 Å². The molecule has 0 fully saturated rings. The van der Waals surface area contributed by atoms with E-state index in [0.29, 0.717) is 21.4 Å². The first-order valence-electron chi connectivity index (χ1n) is 11.0. The third-order valence-electron chi connectivity index (χ3n) is 4.86. The maximum atomic E-state index is 13.1. The van der Waals surface area contributed by atoms with Crippen LogP contribution in [0, 0.1) is 6.92 Å². The SMILES string of the molecule is Cc1ccc(S(=O)(=O)NNC(=O)/C(=N/Nc2ccc(Cl)cc2)c2nc(O)c(N=Nc3ccc(Cl)cc3)s2)cc1. The highest BCUT2D eigenvalue weighted by Crippen LogP contribution is 2.35. The Hall–Kier alpha value is -3.88. The number of halogens is 2. The zero-order valence-electron chi connectivity index (χ0n) is 20.0. The van der Waals surface area contributed by atoms with Crippen molar-refractivity contribution in [3.8, 4) is 5.88 Å². The monoisotopic (exact) mass is 603 g/mol. The summed E-state index contributed by atoms with van der Waals surface area (Å²) in [5.74, 6) is -1.46. The first-order chi connectivity index (χ1) is 18.6. The van der Waals surface area contributed by atoms with Gasteiger partial charge in [-0.2, -0.15) is 10.1 Å². The number of rotatable bonds is 9. The van der Waals surface area contributed by atoms with E-state index >= 15 is 0 Å². The molecule has 0 unspecified atom stereocenters. The fraction of sp³-hybridized carbons (Fsp3) is 0.0417. The number of aromatic nitrogens is 1. The number of hydrazone groups is 1. The average Bonchev–Trinajstić information content (AvgIpc) is 3.28. The summed E-state index contributed by atoms with van der Waals surface area (Å²) >= 11 is 12.6. The van der Waals surface area contributed by atoms with E-state index in [-0.39, 0.29) is 20.6 Å². The van der Waals surface area contributed by atoms with Crippen LogP contribution in [0.5, 0.6) is 5.88 Å². The summed E-state index contributed by atoms with van der Waals surface area (Å²) in [6, 6.07) is 19.0. The average molecular weight is 605 g/mol. The molecule has 15 heteroatoms. The van der Waals surface area contributed by atoms with E-state index in [1.54, 1.807) is 60.7 Å². The van der Waals surface area contributed by atoms with Crippen molar-refractivity contribution in [2.45, 2.75) is 11.8 Å². The van der Waals surface area contributed by atoms with Crippen LogP contribution in [0.25, 0.3) is 0 Å². The molecule has 0 bridgehead atoms. The number of carbonyl (C=O) groups excluding carboxylic acids is 1. The molecule has 0 saturated heterocycles. The van der Waals surface area contributed by atoms with Crippen LogP contribution in [0.15, 0.2) is 93.0 Å². The van der Waals surface area contributed by atoms with Gasteiger partial charge in [-0.25, -0.2) is 8.42 Å². The van der Waals surface area contributed by atoms with Crippen LogP contribution in [0.4, 0.5) is 16.4 Å². The zero-order valence-corrected chi connectivity index (χ0v) is 23.1. The van der Waals surface area contributed by atoms with E-state index in [4.69, 9.17) is 23.2 Å². The second-order valence-electron chi connectivity index (χ2n) is 7.78. The minimum absolute atomic E-state index is 0.00724. The number of hydrogen-bond donors (Lipinski definition) is 4. The topological polar surface area (TPSA) is 158 Å². The molecule has 0 radical (unpaired) electrons. The predicted molar refractivity (Wildman–Crippen MR) is 151 cm³/mol. The second-order valence-corrected chi connectivity index (χ2v) is 11.3. The standard InChI is InChI=1S/C24H19Cl2N7O4S2/c1-14-2-12-19(13-3-14)39(36,37)33-31-21(34)20(30-28-17-8-4-15(25)5-9-17)23-27-22(35)24(38-23)32-29-18-10-6-16(26)7-11-18/h2-13,28,33,35H,1H3,(H,31,34)/b30-20-,32-29?. The Kier molecular flexibility index (Phi) is 8.89. The molecule has 11 nitrogen and oxygen atoms in total.